The van der Waals surface area contributed by atoms with E-state index in [1.165, 1.54) is 0 Å². The Morgan fingerprint density at radius 2 is 1.77 bits per heavy atom. The van der Waals surface area contributed by atoms with E-state index in [0.29, 0.717) is 0 Å². The smallest absolute Gasteiger partial charge is 0.325 e. The lowest BCUT2D eigenvalue weighted by atomic mass is 9.61. The molecule has 1 aromatic rings. The summed E-state index contributed by atoms with van der Waals surface area (Å²) in [6.45, 7) is 4.77. The van der Waals surface area contributed by atoms with Crippen LogP contribution in [0.1, 0.15) is 49.5 Å². The molecule has 0 radical (unpaired) electrons. The maximum atomic E-state index is 13.9. The van der Waals surface area contributed by atoms with E-state index in [-0.39, 0.29) is 37.2 Å². The Hall–Kier alpha value is -2.68. The average Bonchev–Trinajstić information content (AvgIpc) is 2.66. The molecule has 1 amide bonds. The van der Waals surface area contributed by atoms with Crippen LogP contribution in [0.5, 0.6) is 0 Å². The van der Waals surface area contributed by atoms with Crippen molar-refractivity contribution in [1.82, 2.24) is 5.32 Å². The van der Waals surface area contributed by atoms with Gasteiger partial charge in [-0.25, -0.2) is 8.78 Å². The molecule has 2 aliphatic rings. The first kappa shape index (κ1) is 22.0. The van der Waals surface area contributed by atoms with Crippen molar-refractivity contribution in [2.24, 2.45) is 5.92 Å². The van der Waals surface area contributed by atoms with E-state index in [4.69, 9.17) is 9.47 Å². The first-order valence-electron chi connectivity index (χ1n) is 9.61. The molecule has 1 heterocycles. The van der Waals surface area contributed by atoms with E-state index in [9.17, 15) is 28.0 Å². The monoisotopic (exact) mass is 423 g/mol. The number of rotatable bonds is 3. The molecule has 1 aromatic carbocycles. The Labute approximate surface area is 172 Å². The largest absolute Gasteiger partial charge is 0.459 e. The highest BCUT2D eigenvalue weighted by Crippen LogP contribution is 2.44. The van der Waals surface area contributed by atoms with Crippen molar-refractivity contribution in [2.45, 2.75) is 44.6 Å². The van der Waals surface area contributed by atoms with Gasteiger partial charge in [0.25, 0.3) is 0 Å². The van der Waals surface area contributed by atoms with Crippen LogP contribution in [0.3, 0.4) is 0 Å². The van der Waals surface area contributed by atoms with Gasteiger partial charge in [-0.05, 0) is 51.3 Å². The summed E-state index contributed by atoms with van der Waals surface area (Å²) in [5.41, 5.74) is -2.22. The van der Waals surface area contributed by atoms with Crippen LogP contribution in [0.15, 0.2) is 12.1 Å². The van der Waals surface area contributed by atoms with Crippen molar-refractivity contribution >= 4 is 23.4 Å². The lowest BCUT2D eigenvalue weighted by molar-refractivity contribution is -0.155. The summed E-state index contributed by atoms with van der Waals surface area (Å²) in [6, 6.07) is 1.59. The van der Waals surface area contributed by atoms with Crippen LogP contribution in [0.2, 0.25) is 0 Å². The van der Waals surface area contributed by atoms with E-state index in [2.05, 4.69) is 5.32 Å². The maximum Gasteiger partial charge on any atom is 0.325 e. The van der Waals surface area contributed by atoms with E-state index in [1.54, 1.807) is 20.8 Å². The fourth-order valence-electron chi connectivity index (χ4n) is 3.94. The molecule has 1 fully saturated rings. The Morgan fingerprint density at radius 1 is 1.17 bits per heavy atom. The number of hydrogen-bond donors (Lipinski definition) is 1. The molecule has 7 nitrogen and oxygen atoms in total. The molecule has 1 aliphatic heterocycles. The molecule has 0 aromatic heterocycles. The summed E-state index contributed by atoms with van der Waals surface area (Å²) in [7, 11) is 0. The molecular formula is C21H23F2NO6. The van der Waals surface area contributed by atoms with Crippen molar-refractivity contribution in [3.63, 3.8) is 0 Å². The van der Waals surface area contributed by atoms with Gasteiger partial charge in [0.15, 0.2) is 29.1 Å². The van der Waals surface area contributed by atoms with Gasteiger partial charge in [0.1, 0.15) is 12.1 Å². The number of amides is 1. The minimum atomic E-state index is -1.76. The van der Waals surface area contributed by atoms with Gasteiger partial charge in [-0.15, -0.1) is 0 Å². The number of benzene rings is 1. The summed E-state index contributed by atoms with van der Waals surface area (Å²) in [5, 5.41) is 2.26. The minimum absolute atomic E-state index is 0.0795. The van der Waals surface area contributed by atoms with E-state index in [0.717, 1.165) is 12.1 Å². The summed E-state index contributed by atoms with van der Waals surface area (Å²) in [5.74, 6) is -7.51. The van der Waals surface area contributed by atoms with Crippen LogP contribution in [-0.2, 0) is 29.3 Å². The molecule has 0 saturated carbocycles. The zero-order valence-corrected chi connectivity index (χ0v) is 17.0. The van der Waals surface area contributed by atoms with Gasteiger partial charge in [-0.3, -0.25) is 19.2 Å². The van der Waals surface area contributed by atoms with Gasteiger partial charge in [0.05, 0.1) is 5.41 Å². The predicted molar refractivity (Wildman–Crippen MR) is 99.8 cm³/mol. The molecular weight excluding hydrogens is 400 g/mol. The molecule has 1 atom stereocenters. The molecule has 1 unspecified atom stereocenters. The molecule has 1 spiro atoms. The second-order valence-corrected chi connectivity index (χ2v) is 8.47. The SMILES string of the molecule is CC(C)(C)OC(=O)CNC(=O)C1C(=O)c2cc(F)c(F)cc2C2(CCOCC2)C1=O. The number of carbonyl (C=O) groups excluding carboxylic acids is 4. The minimum Gasteiger partial charge on any atom is -0.459 e. The van der Waals surface area contributed by atoms with Crippen LogP contribution in [-0.4, -0.2) is 48.8 Å². The number of carbonyl (C=O) groups is 4. The Morgan fingerprint density at radius 3 is 2.37 bits per heavy atom. The molecule has 3 rings (SSSR count). The first-order valence-corrected chi connectivity index (χ1v) is 9.61. The normalized spacial score (nSPS) is 20.6. The van der Waals surface area contributed by atoms with Crippen LogP contribution >= 0.6 is 0 Å². The van der Waals surface area contributed by atoms with Crippen molar-refractivity contribution in [3.8, 4) is 0 Å². The summed E-state index contributed by atoms with van der Waals surface area (Å²) >= 11 is 0. The zero-order chi connectivity index (χ0) is 22.3. The molecule has 1 aliphatic carbocycles. The number of nitrogens with one attached hydrogen (secondary N) is 1. The van der Waals surface area contributed by atoms with Crippen molar-refractivity contribution < 1.29 is 37.4 Å². The van der Waals surface area contributed by atoms with Gasteiger partial charge in [0, 0.05) is 18.8 Å². The first-order chi connectivity index (χ1) is 14.0. The number of esters is 1. The van der Waals surface area contributed by atoms with Crippen molar-refractivity contribution in [1.29, 1.82) is 0 Å². The summed E-state index contributed by atoms with van der Waals surface area (Å²) in [4.78, 5) is 50.8. The van der Waals surface area contributed by atoms with E-state index in [1.807, 2.05) is 0 Å². The van der Waals surface area contributed by atoms with Crippen LogP contribution in [0.4, 0.5) is 8.78 Å². The highest BCUT2D eigenvalue weighted by atomic mass is 19.2. The fraction of sp³-hybridized carbons (Fsp3) is 0.524. The van der Waals surface area contributed by atoms with E-state index < -0.39 is 58.6 Å². The average molecular weight is 423 g/mol. The van der Waals surface area contributed by atoms with Crippen LogP contribution in [0, 0.1) is 17.6 Å². The highest BCUT2D eigenvalue weighted by Gasteiger charge is 2.55. The number of fused-ring (bicyclic) bond motifs is 2. The zero-order valence-electron chi connectivity index (χ0n) is 17.0. The third-order valence-electron chi connectivity index (χ3n) is 5.27. The van der Waals surface area contributed by atoms with Crippen LogP contribution in [0.25, 0.3) is 0 Å². The Bertz CT molecular complexity index is 915. The Kier molecular flexibility index (Phi) is 5.77. The number of hydrogen-bond acceptors (Lipinski definition) is 6. The standard InChI is InChI=1S/C21H23F2NO6/c1-20(2,3)30-15(25)10-24-19(28)16-17(26)11-8-13(22)14(23)9-12(11)21(18(16)27)4-6-29-7-5-21/h8-9,16H,4-7,10H2,1-3H3,(H,24,28). The van der Waals surface area contributed by atoms with Crippen molar-refractivity contribution in [2.75, 3.05) is 19.8 Å². The van der Waals surface area contributed by atoms with E-state index >= 15 is 0 Å². The number of ketones is 2. The fourth-order valence-corrected chi connectivity index (χ4v) is 3.94. The highest BCUT2D eigenvalue weighted by molar-refractivity contribution is 6.29. The Balaban J connectivity index is 1.93. The van der Waals surface area contributed by atoms with Crippen LogP contribution < -0.4 is 5.32 Å². The lowest BCUT2D eigenvalue weighted by Gasteiger charge is -2.42. The lowest BCUT2D eigenvalue weighted by Crippen LogP contribution is -2.55. The quantitative estimate of drug-likeness (QED) is 0.589. The number of Topliss-reactive ketones (excluding diaryl/α,β-unsaturated/α-hetero) is 2. The van der Waals surface area contributed by atoms with Gasteiger partial charge >= 0.3 is 5.97 Å². The molecule has 30 heavy (non-hydrogen) atoms. The molecule has 1 N–H and O–H groups in total. The second-order valence-electron chi connectivity index (χ2n) is 8.47. The number of ether oxygens (including phenoxy) is 2. The third-order valence-corrected chi connectivity index (χ3v) is 5.27. The molecule has 1 saturated heterocycles. The third kappa shape index (κ3) is 3.98. The molecule has 0 bridgehead atoms. The second kappa shape index (κ2) is 7.86. The predicted octanol–water partition coefficient (Wildman–Crippen LogP) is 1.85. The van der Waals surface area contributed by atoms with Gasteiger partial charge in [-0.2, -0.15) is 0 Å². The topological polar surface area (TPSA) is 98.8 Å². The molecule has 162 valence electrons. The van der Waals surface area contributed by atoms with Crippen molar-refractivity contribution in [3.05, 3.63) is 34.9 Å². The molecule has 9 heteroatoms. The maximum absolute atomic E-state index is 13.9. The summed E-state index contributed by atoms with van der Waals surface area (Å²) in [6.07, 6.45) is 0.264. The van der Waals surface area contributed by atoms with Gasteiger partial charge < -0.3 is 14.8 Å². The summed E-state index contributed by atoms with van der Waals surface area (Å²) < 4.78 is 38.2. The number of halogens is 2. The van der Waals surface area contributed by atoms with Gasteiger partial charge in [0.2, 0.25) is 5.91 Å². The van der Waals surface area contributed by atoms with Gasteiger partial charge in [-0.1, -0.05) is 0 Å².